The fourth-order valence-corrected chi connectivity index (χ4v) is 5.53. The van der Waals surface area contributed by atoms with Gasteiger partial charge in [-0.3, -0.25) is 9.69 Å². The summed E-state index contributed by atoms with van der Waals surface area (Å²) < 4.78 is 1.86. The molecule has 0 saturated carbocycles. The van der Waals surface area contributed by atoms with Gasteiger partial charge in [0.15, 0.2) is 5.82 Å². The van der Waals surface area contributed by atoms with Gasteiger partial charge in [-0.15, -0.1) is 5.10 Å². The van der Waals surface area contributed by atoms with Gasteiger partial charge in [0.2, 0.25) is 0 Å². The Bertz CT molecular complexity index is 1500. The summed E-state index contributed by atoms with van der Waals surface area (Å²) in [7, 11) is 0. The van der Waals surface area contributed by atoms with Crippen LogP contribution in [0.15, 0.2) is 41.2 Å². The van der Waals surface area contributed by atoms with Crippen molar-refractivity contribution in [3.8, 4) is 0 Å². The van der Waals surface area contributed by atoms with E-state index in [-0.39, 0.29) is 17.1 Å². The van der Waals surface area contributed by atoms with Crippen LogP contribution in [0, 0.1) is 27.7 Å². The third-order valence-corrected chi connectivity index (χ3v) is 7.38. The molecule has 37 heavy (non-hydrogen) atoms. The van der Waals surface area contributed by atoms with E-state index < -0.39 is 0 Å². The number of piperazine rings is 1. The maximum Gasteiger partial charge on any atom is 0.253 e. The number of rotatable bonds is 4. The largest absolute Gasteiger partial charge is 0.369 e. The topological polar surface area (TPSA) is 82.9 Å². The van der Waals surface area contributed by atoms with Crippen LogP contribution in [0.5, 0.6) is 0 Å². The van der Waals surface area contributed by atoms with E-state index in [1.165, 1.54) is 22.4 Å². The number of aromatic amines is 1. The van der Waals surface area contributed by atoms with Gasteiger partial charge in [-0.25, -0.2) is 4.68 Å². The molecule has 1 N–H and O–H groups in total. The van der Waals surface area contributed by atoms with Crippen LogP contribution in [0.1, 0.15) is 60.5 Å². The number of tetrazole rings is 1. The second kappa shape index (κ2) is 9.41. The van der Waals surface area contributed by atoms with Crippen LogP contribution < -0.4 is 10.5 Å². The summed E-state index contributed by atoms with van der Waals surface area (Å²) in [6, 6.07) is 12.5. The first kappa shape index (κ1) is 25.1. The van der Waals surface area contributed by atoms with Gasteiger partial charge < -0.3 is 9.88 Å². The molecule has 1 atom stereocenters. The second-order valence-corrected chi connectivity index (χ2v) is 11.4. The van der Waals surface area contributed by atoms with Crippen LogP contribution in [0.2, 0.25) is 0 Å². The van der Waals surface area contributed by atoms with Gasteiger partial charge in [-0.1, -0.05) is 23.8 Å². The van der Waals surface area contributed by atoms with Gasteiger partial charge in [-0.2, -0.15) is 0 Å². The van der Waals surface area contributed by atoms with Gasteiger partial charge in [0.1, 0.15) is 6.04 Å². The number of pyridine rings is 1. The van der Waals surface area contributed by atoms with Crippen molar-refractivity contribution in [2.45, 2.75) is 60.0 Å². The Labute approximate surface area is 218 Å². The summed E-state index contributed by atoms with van der Waals surface area (Å²) in [6.07, 6.45) is 0. The lowest BCUT2D eigenvalue weighted by Crippen LogP contribution is -2.49. The molecule has 0 amide bonds. The number of benzene rings is 2. The highest BCUT2D eigenvalue weighted by atomic mass is 16.1. The maximum atomic E-state index is 13.6. The van der Waals surface area contributed by atoms with E-state index in [0.29, 0.717) is 11.4 Å². The van der Waals surface area contributed by atoms with Crippen molar-refractivity contribution in [1.29, 1.82) is 0 Å². The molecular formula is C29H37N7O. The lowest BCUT2D eigenvalue weighted by Gasteiger charge is -2.40. The summed E-state index contributed by atoms with van der Waals surface area (Å²) in [4.78, 5) is 21.6. The van der Waals surface area contributed by atoms with E-state index in [9.17, 15) is 4.79 Å². The van der Waals surface area contributed by atoms with Crippen molar-refractivity contribution in [2.24, 2.45) is 0 Å². The van der Waals surface area contributed by atoms with E-state index >= 15 is 0 Å². The Balaban J connectivity index is 1.58. The number of nitrogens with one attached hydrogen (secondary N) is 1. The minimum atomic E-state index is -0.357. The van der Waals surface area contributed by atoms with Crippen LogP contribution in [0.25, 0.3) is 10.9 Å². The number of aromatic nitrogens is 5. The molecule has 0 aliphatic carbocycles. The summed E-state index contributed by atoms with van der Waals surface area (Å²) in [5, 5.41) is 13.9. The molecule has 1 aliphatic rings. The van der Waals surface area contributed by atoms with Crippen LogP contribution in [-0.4, -0.2) is 56.3 Å². The first-order chi connectivity index (χ1) is 17.5. The fraction of sp³-hybridized carbons (Fsp3) is 0.448. The molecule has 2 aromatic heterocycles. The molecular weight excluding hydrogens is 462 g/mol. The molecule has 4 aromatic rings. The summed E-state index contributed by atoms with van der Waals surface area (Å²) in [5.41, 5.74) is 7.20. The number of aryl methyl sites for hydroxylation is 4. The van der Waals surface area contributed by atoms with Gasteiger partial charge in [-0.05, 0) is 99.2 Å². The van der Waals surface area contributed by atoms with Gasteiger partial charge in [0.25, 0.3) is 5.56 Å². The van der Waals surface area contributed by atoms with Crippen molar-refractivity contribution in [3.63, 3.8) is 0 Å². The molecule has 0 bridgehead atoms. The Hall–Kier alpha value is -3.52. The molecule has 2 aromatic carbocycles. The average Bonchev–Trinajstić information content (AvgIpc) is 3.32. The van der Waals surface area contributed by atoms with Crippen molar-refractivity contribution >= 4 is 16.6 Å². The highest BCUT2D eigenvalue weighted by Gasteiger charge is 2.35. The Kier molecular flexibility index (Phi) is 6.40. The molecule has 8 nitrogen and oxygen atoms in total. The first-order valence-electron chi connectivity index (χ1n) is 13.0. The molecule has 5 rings (SSSR count). The minimum absolute atomic E-state index is 0.0927. The third kappa shape index (κ3) is 4.78. The minimum Gasteiger partial charge on any atom is -0.369 e. The zero-order chi connectivity index (χ0) is 26.5. The zero-order valence-electron chi connectivity index (χ0n) is 23.0. The van der Waals surface area contributed by atoms with Crippen LogP contribution in [-0.2, 0) is 5.54 Å². The molecule has 8 heteroatoms. The zero-order valence-corrected chi connectivity index (χ0v) is 23.0. The molecule has 1 aliphatic heterocycles. The molecule has 194 valence electrons. The van der Waals surface area contributed by atoms with Crippen LogP contribution >= 0.6 is 0 Å². The van der Waals surface area contributed by atoms with Crippen LogP contribution in [0.4, 0.5) is 5.69 Å². The predicted octanol–water partition coefficient (Wildman–Crippen LogP) is 4.41. The van der Waals surface area contributed by atoms with Crippen molar-refractivity contribution in [2.75, 3.05) is 31.1 Å². The lowest BCUT2D eigenvalue weighted by atomic mass is 9.99. The van der Waals surface area contributed by atoms with Gasteiger partial charge in [0, 0.05) is 37.4 Å². The summed E-state index contributed by atoms with van der Waals surface area (Å²) in [6.45, 7) is 18.0. The van der Waals surface area contributed by atoms with E-state index in [4.69, 9.17) is 0 Å². The molecule has 1 fully saturated rings. The number of hydrogen-bond acceptors (Lipinski definition) is 6. The van der Waals surface area contributed by atoms with Gasteiger partial charge in [0.05, 0.1) is 11.1 Å². The van der Waals surface area contributed by atoms with E-state index in [0.717, 1.165) is 42.6 Å². The van der Waals surface area contributed by atoms with Crippen LogP contribution in [0.3, 0.4) is 0 Å². The number of H-pyrrole nitrogens is 1. The standard InChI is InChI=1S/C29H37N7O/c1-18-8-9-20(3)24(16-18)34-10-12-35(13-11-34)26(27-31-32-33-36(27)29(5,6)7)23-17-22-15-19(2)14-21(4)25(22)30-28(23)37/h8-9,14-17,26H,10-13H2,1-7H3,(H,30,37)/t26-/m1/s1. The average molecular weight is 500 g/mol. The lowest BCUT2D eigenvalue weighted by molar-refractivity contribution is 0.190. The van der Waals surface area contributed by atoms with E-state index in [1.54, 1.807) is 0 Å². The summed E-state index contributed by atoms with van der Waals surface area (Å²) in [5.74, 6) is 0.696. The highest BCUT2D eigenvalue weighted by molar-refractivity contribution is 5.83. The smallest absolute Gasteiger partial charge is 0.253 e. The first-order valence-corrected chi connectivity index (χ1v) is 13.0. The molecule has 3 heterocycles. The molecule has 0 unspecified atom stereocenters. The Morgan fingerprint density at radius 1 is 0.892 bits per heavy atom. The van der Waals surface area contributed by atoms with E-state index in [2.05, 4.69) is 102 Å². The van der Waals surface area contributed by atoms with Crippen molar-refractivity contribution in [1.82, 2.24) is 30.1 Å². The predicted molar refractivity (Wildman–Crippen MR) is 148 cm³/mol. The molecule has 0 radical (unpaired) electrons. The highest BCUT2D eigenvalue weighted by Crippen LogP contribution is 2.32. The monoisotopic (exact) mass is 499 g/mol. The third-order valence-electron chi connectivity index (χ3n) is 7.38. The van der Waals surface area contributed by atoms with E-state index in [1.807, 2.05) is 17.7 Å². The normalized spacial score (nSPS) is 15.9. The fourth-order valence-electron chi connectivity index (χ4n) is 5.53. The SMILES string of the molecule is Cc1ccc(C)c(N2CCN([C@H](c3cc4cc(C)cc(C)c4[nH]c3=O)c3nnnn3C(C)(C)C)CC2)c1. The molecule has 1 saturated heterocycles. The number of anilines is 1. The quantitative estimate of drug-likeness (QED) is 0.448. The van der Waals surface area contributed by atoms with Crippen molar-refractivity contribution < 1.29 is 0 Å². The number of fused-ring (bicyclic) bond motifs is 1. The number of hydrogen-bond donors (Lipinski definition) is 1. The van der Waals surface area contributed by atoms with Crippen molar-refractivity contribution in [3.05, 3.63) is 80.4 Å². The maximum absolute atomic E-state index is 13.6. The Morgan fingerprint density at radius 3 is 2.32 bits per heavy atom. The summed E-state index contributed by atoms with van der Waals surface area (Å²) >= 11 is 0. The Morgan fingerprint density at radius 2 is 1.62 bits per heavy atom. The van der Waals surface area contributed by atoms with Gasteiger partial charge >= 0.3 is 0 Å². The molecule has 0 spiro atoms. The number of nitrogens with zero attached hydrogens (tertiary/aromatic N) is 6. The second-order valence-electron chi connectivity index (χ2n) is 11.4.